The number of aromatic amines is 1. The summed E-state index contributed by atoms with van der Waals surface area (Å²) in [5, 5.41) is 0. The molecule has 0 aliphatic heterocycles. The predicted molar refractivity (Wildman–Crippen MR) is 59.1 cm³/mol. The van der Waals surface area contributed by atoms with Gasteiger partial charge in [0, 0.05) is 5.69 Å². The zero-order chi connectivity index (χ0) is 9.14. The highest BCUT2D eigenvalue weighted by Gasteiger charge is 2.00. The summed E-state index contributed by atoms with van der Waals surface area (Å²) in [6.45, 7) is 1.98. The molecular weight excluding hydrogens is 256 g/mol. The van der Waals surface area contributed by atoms with E-state index in [1.807, 2.05) is 13.2 Å². The molecule has 0 aliphatic rings. The molecule has 0 aromatic carbocycles. The van der Waals surface area contributed by atoms with Crippen molar-refractivity contribution in [2.45, 2.75) is 12.7 Å². The Balaban J connectivity index is 3.13. The molecule has 0 saturated heterocycles. The van der Waals surface area contributed by atoms with E-state index in [4.69, 9.17) is 12.2 Å². The van der Waals surface area contributed by atoms with Crippen molar-refractivity contribution in [1.29, 1.82) is 0 Å². The molecule has 0 amide bonds. The lowest BCUT2D eigenvalue weighted by atomic mass is 10.4. The van der Waals surface area contributed by atoms with E-state index in [1.54, 1.807) is 11.8 Å². The highest BCUT2D eigenvalue weighted by molar-refractivity contribution is 9.10. The van der Waals surface area contributed by atoms with Gasteiger partial charge in [0.25, 0.3) is 0 Å². The van der Waals surface area contributed by atoms with Crippen molar-refractivity contribution in [3.63, 3.8) is 0 Å². The van der Waals surface area contributed by atoms with Crippen molar-refractivity contribution < 1.29 is 0 Å². The summed E-state index contributed by atoms with van der Waals surface area (Å²) in [6.07, 6.45) is 2.04. The van der Waals surface area contributed by atoms with Crippen LogP contribution in [0.25, 0.3) is 0 Å². The molecule has 12 heavy (non-hydrogen) atoms. The summed E-state index contributed by atoms with van der Waals surface area (Å²) in [5.41, 5.74) is 1.04. The lowest BCUT2D eigenvalue weighted by Crippen LogP contribution is -1.96. The van der Waals surface area contributed by atoms with Crippen LogP contribution in [-0.4, -0.2) is 16.2 Å². The second-order valence-electron chi connectivity index (χ2n) is 2.36. The number of hydrogen-bond acceptors (Lipinski definition) is 3. The monoisotopic (exact) mass is 264 g/mol. The van der Waals surface area contributed by atoms with Crippen LogP contribution in [0.5, 0.6) is 0 Å². The smallest absolute Gasteiger partial charge is 0.144 e. The second-order valence-corrected chi connectivity index (χ2v) is 4.41. The molecule has 0 spiro atoms. The number of aromatic nitrogens is 2. The Morgan fingerprint density at radius 2 is 2.33 bits per heavy atom. The average Bonchev–Trinajstić information content (AvgIpc) is 2.01. The summed E-state index contributed by atoms with van der Waals surface area (Å²) in [7, 11) is 0. The van der Waals surface area contributed by atoms with Crippen molar-refractivity contribution in [2.75, 3.05) is 6.26 Å². The van der Waals surface area contributed by atoms with Gasteiger partial charge >= 0.3 is 0 Å². The van der Waals surface area contributed by atoms with Gasteiger partial charge in [-0.25, -0.2) is 4.98 Å². The Hall–Kier alpha value is 0.130. The third-order valence-electron chi connectivity index (χ3n) is 1.37. The molecule has 0 unspecified atom stereocenters. The summed E-state index contributed by atoms with van der Waals surface area (Å²) >= 11 is 10.1. The Bertz CT molecular complexity index is 335. The van der Waals surface area contributed by atoms with E-state index in [0.717, 1.165) is 21.7 Å². The number of halogens is 1. The average molecular weight is 265 g/mol. The molecule has 1 aromatic heterocycles. The first-order valence-electron chi connectivity index (χ1n) is 3.39. The van der Waals surface area contributed by atoms with Crippen molar-refractivity contribution >= 4 is 39.9 Å². The van der Waals surface area contributed by atoms with E-state index in [0.29, 0.717) is 4.64 Å². The first kappa shape index (κ1) is 10.2. The first-order chi connectivity index (χ1) is 5.65. The van der Waals surface area contributed by atoms with Crippen LogP contribution in [0.2, 0.25) is 0 Å². The maximum atomic E-state index is 5.06. The zero-order valence-electron chi connectivity index (χ0n) is 6.85. The highest BCUT2D eigenvalue weighted by atomic mass is 79.9. The number of nitrogens with zero attached hydrogens (tertiary/aromatic N) is 1. The fraction of sp³-hybridized carbons (Fsp3) is 0.429. The molecule has 1 heterocycles. The van der Waals surface area contributed by atoms with Crippen LogP contribution in [0.3, 0.4) is 0 Å². The summed E-state index contributed by atoms with van der Waals surface area (Å²) in [6, 6.07) is 0. The molecule has 0 aliphatic carbocycles. The molecule has 2 nitrogen and oxygen atoms in total. The van der Waals surface area contributed by atoms with Crippen molar-refractivity contribution in [3.8, 4) is 0 Å². The normalized spacial score (nSPS) is 10.2. The third kappa shape index (κ3) is 2.31. The van der Waals surface area contributed by atoms with E-state index < -0.39 is 0 Å². The Morgan fingerprint density at radius 1 is 1.67 bits per heavy atom. The maximum Gasteiger partial charge on any atom is 0.144 e. The van der Waals surface area contributed by atoms with Crippen LogP contribution in [0.15, 0.2) is 4.47 Å². The fourth-order valence-electron chi connectivity index (χ4n) is 0.836. The first-order valence-corrected chi connectivity index (χ1v) is 5.99. The molecule has 0 bridgehead atoms. The van der Waals surface area contributed by atoms with Crippen molar-refractivity contribution in [3.05, 3.63) is 20.6 Å². The predicted octanol–water partition coefficient (Wildman–Crippen LogP) is 3.07. The summed E-state index contributed by atoms with van der Waals surface area (Å²) in [5.74, 6) is 1.81. The Morgan fingerprint density at radius 3 is 2.83 bits per heavy atom. The molecule has 1 N–H and O–H groups in total. The van der Waals surface area contributed by atoms with Gasteiger partial charge in [0.05, 0.1) is 10.2 Å². The molecule has 0 saturated carbocycles. The van der Waals surface area contributed by atoms with Gasteiger partial charge < -0.3 is 4.98 Å². The molecule has 1 rings (SSSR count). The molecule has 0 atom stereocenters. The molecule has 1 aromatic rings. The minimum Gasteiger partial charge on any atom is -0.346 e. The van der Waals surface area contributed by atoms with E-state index in [1.165, 1.54) is 0 Å². The van der Waals surface area contributed by atoms with Crippen LogP contribution < -0.4 is 0 Å². The van der Waals surface area contributed by atoms with Gasteiger partial charge in [-0.3, -0.25) is 0 Å². The van der Waals surface area contributed by atoms with Gasteiger partial charge in [-0.15, -0.1) is 0 Å². The lowest BCUT2D eigenvalue weighted by Gasteiger charge is -2.02. The number of H-pyrrole nitrogens is 1. The van der Waals surface area contributed by atoms with Crippen LogP contribution in [-0.2, 0) is 5.75 Å². The highest BCUT2D eigenvalue weighted by Crippen LogP contribution is 2.15. The number of thioether (sulfide) groups is 1. The fourth-order valence-corrected chi connectivity index (χ4v) is 1.70. The zero-order valence-corrected chi connectivity index (χ0v) is 10.1. The third-order valence-corrected chi connectivity index (χ3v) is 3.46. The van der Waals surface area contributed by atoms with E-state index in [-0.39, 0.29) is 0 Å². The van der Waals surface area contributed by atoms with E-state index in [9.17, 15) is 0 Å². The Kier molecular flexibility index (Phi) is 3.74. The van der Waals surface area contributed by atoms with Crippen LogP contribution in [0.4, 0.5) is 0 Å². The molecule has 0 radical (unpaired) electrons. The minimum atomic E-state index is 0.635. The quantitative estimate of drug-likeness (QED) is 0.833. The second kappa shape index (κ2) is 4.39. The van der Waals surface area contributed by atoms with Gasteiger partial charge in [-0.2, -0.15) is 11.8 Å². The SMILES string of the molecule is CSCc1nc(=S)c(Br)c(C)[nH]1. The number of aryl methyl sites for hydroxylation is 1. The molecule has 5 heteroatoms. The largest absolute Gasteiger partial charge is 0.346 e. The van der Waals surface area contributed by atoms with E-state index in [2.05, 4.69) is 25.9 Å². The number of rotatable bonds is 2. The maximum absolute atomic E-state index is 5.06. The van der Waals surface area contributed by atoms with E-state index >= 15 is 0 Å². The van der Waals surface area contributed by atoms with Crippen LogP contribution >= 0.6 is 39.9 Å². The van der Waals surface area contributed by atoms with Gasteiger partial charge in [-0.1, -0.05) is 12.2 Å². The Labute approximate surface area is 89.3 Å². The molecule has 66 valence electrons. The topological polar surface area (TPSA) is 28.7 Å². The van der Waals surface area contributed by atoms with Crippen molar-refractivity contribution in [1.82, 2.24) is 9.97 Å². The van der Waals surface area contributed by atoms with Crippen LogP contribution in [0.1, 0.15) is 11.5 Å². The van der Waals surface area contributed by atoms with Gasteiger partial charge in [0.1, 0.15) is 10.5 Å². The lowest BCUT2D eigenvalue weighted by molar-refractivity contribution is 0.975. The standard InChI is InChI=1S/C7H9BrN2S2/c1-4-6(8)7(11)10-5(9-4)3-12-2/h3H2,1-2H3,(H,9,10,11). The summed E-state index contributed by atoms with van der Waals surface area (Å²) in [4.78, 5) is 7.39. The number of nitrogens with one attached hydrogen (secondary N) is 1. The van der Waals surface area contributed by atoms with Gasteiger partial charge in [-0.05, 0) is 29.1 Å². The van der Waals surface area contributed by atoms with Gasteiger partial charge in [0.15, 0.2) is 0 Å². The van der Waals surface area contributed by atoms with Crippen LogP contribution in [0, 0.1) is 11.6 Å². The minimum absolute atomic E-state index is 0.635. The summed E-state index contributed by atoms with van der Waals surface area (Å²) < 4.78 is 1.53. The molecular formula is C7H9BrN2S2. The van der Waals surface area contributed by atoms with Gasteiger partial charge in [0.2, 0.25) is 0 Å². The molecule has 0 fully saturated rings. The van der Waals surface area contributed by atoms with Crippen molar-refractivity contribution in [2.24, 2.45) is 0 Å². The number of hydrogen-bond donors (Lipinski definition) is 1.